The maximum Gasteiger partial charge on any atom is 0.122 e. The van der Waals surface area contributed by atoms with Crippen molar-refractivity contribution in [3.63, 3.8) is 0 Å². The molecule has 0 aromatic heterocycles. The molecule has 1 aromatic carbocycles. The molecule has 3 heteroatoms. The molecule has 98 valence electrons. The van der Waals surface area contributed by atoms with Crippen molar-refractivity contribution in [2.24, 2.45) is 0 Å². The zero-order chi connectivity index (χ0) is 13.5. The van der Waals surface area contributed by atoms with Gasteiger partial charge in [-0.2, -0.15) is 0 Å². The summed E-state index contributed by atoms with van der Waals surface area (Å²) in [6, 6.07) is 5.52. The fourth-order valence-electron chi connectivity index (χ4n) is 1.71. The maximum atomic E-state index is 10.4. The zero-order valence-corrected chi connectivity index (χ0v) is 11.1. The van der Waals surface area contributed by atoms with Gasteiger partial charge in [0.05, 0.1) is 13.2 Å². The Bertz CT molecular complexity index is 431. The Balaban J connectivity index is 3.01. The molecule has 1 atom stereocenters. The fraction of sp³-hybridized carbons (Fsp3) is 0.400. The molecular weight excluding hydrogens is 228 g/mol. The van der Waals surface area contributed by atoms with Crippen LogP contribution >= 0.6 is 0 Å². The van der Waals surface area contributed by atoms with Crippen LogP contribution in [0.5, 0.6) is 5.75 Å². The van der Waals surface area contributed by atoms with E-state index in [4.69, 9.17) is 4.74 Å². The van der Waals surface area contributed by atoms with Crippen LogP contribution < -0.4 is 4.74 Å². The van der Waals surface area contributed by atoms with Crippen LogP contribution in [0.4, 0.5) is 0 Å². The van der Waals surface area contributed by atoms with Gasteiger partial charge in [0.25, 0.3) is 0 Å². The van der Waals surface area contributed by atoms with E-state index < -0.39 is 6.10 Å². The molecule has 1 rings (SSSR count). The molecular formula is C15H20O3. The SMILES string of the molecule is COc1ccc(C(O)CC=O)cc1CC=C(C)C. The van der Waals surface area contributed by atoms with Gasteiger partial charge in [0, 0.05) is 6.42 Å². The predicted molar refractivity (Wildman–Crippen MR) is 71.8 cm³/mol. The molecule has 0 heterocycles. The largest absolute Gasteiger partial charge is 0.496 e. The highest BCUT2D eigenvalue weighted by atomic mass is 16.5. The van der Waals surface area contributed by atoms with Crippen LogP contribution in [0.15, 0.2) is 29.8 Å². The lowest BCUT2D eigenvalue weighted by Crippen LogP contribution is -2.00. The van der Waals surface area contributed by atoms with Crippen LogP contribution in [0.25, 0.3) is 0 Å². The Labute approximate surface area is 108 Å². The minimum atomic E-state index is -0.737. The highest BCUT2D eigenvalue weighted by Crippen LogP contribution is 2.25. The molecule has 1 N–H and O–H groups in total. The van der Waals surface area contributed by atoms with Crippen LogP contribution in [0, 0.1) is 0 Å². The number of hydrogen-bond acceptors (Lipinski definition) is 3. The first kappa shape index (κ1) is 14.5. The van der Waals surface area contributed by atoms with Gasteiger partial charge in [-0.1, -0.05) is 17.7 Å². The number of rotatable bonds is 6. The summed E-state index contributed by atoms with van der Waals surface area (Å²) < 4.78 is 5.29. The number of aldehydes is 1. The van der Waals surface area contributed by atoms with E-state index in [9.17, 15) is 9.90 Å². The quantitative estimate of drug-likeness (QED) is 0.622. The van der Waals surface area contributed by atoms with E-state index in [0.717, 1.165) is 29.6 Å². The maximum absolute atomic E-state index is 10.4. The minimum Gasteiger partial charge on any atom is -0.496 e. The highest BCUT2D eigenvalue weighted by molar-refractivity contribution is 5.51. The van der Waals surface area contributed by atoms with Crippen LogP contribution in [0.1, 0.15) is 37.5 Å². The number of methoxy groups -OCH3 is 1. The van der Waals surface area contributed by atoms with Crippen molar-refractivity contribution in [3.05, 3.63) is 41.0 Å². The molecule has 0 aliphatic heterocycles. The van der Waals surface area contributed by atoms with Crippen molar-refractivity contribution in [2.45, 2.75) is 32.8 Å². The van der Waals surface area contributed by atoms with E-state index in [1.807, 2.05) is 26.0 Å². The van der Waals surface area contributed by atoms with Crippen LogP contribution in [0.2, 0.25) is 0 Å². The van der Waals surface area contributed by atoms with E-state index in [2.05, 4.69) is 6.08 Å². The Hall–Kier alpha value is -1.61. The molecule has 3 nitrogen and oxygen atoms in total. The van der Waals surface area contributed by atoms with Crippen LogP contribution in [0.3, 0.4) is 0 Å². The van der Waals surface area contributed by atoms with E-state index in [1.165, 1.54) is 5.57 Å². The smallest absolute Gasteiger partial charge is 0.122 e. The van der Waals surface area contributed by atoms with Crippen LogP contribution in [-0.4, -0.2) is 18.5 Å². The fourth-order valence-corrected chi connectivity index (χ4v) is 1.71. The zero-order valence-electron chi connectivity index (χ0n) is 11.1. The van der Waals surface area contributed by atoms with Crippen molar-refractivity contribution >= 4 is 6.29 Å². The molecule has 0 radical (unpaired) electrons. The number of carbonyl (C=O) groups is 1. The molecule has 18 heavy (non-hydrogen) atoms. The van der Waals surface area contributed by atoms with Gasteiger partial charge in [0.2, 0.25) is 0 Å². The van der Waals surface area contributed by atoms with E-state index in [0.29, 0.717) is 0 Å². The number of hydrogen-bond donors (Lipinski definition) is 1. The Morgan fingerprint density at radius 3 is 2.72 bits per heavy atom. The predicted octanol–water partition coefficient (Wildman–Crippen LogP) is 2.83. The lowest BCUT2D eigenvalue weighted by molar-refractivity contribution is -0.109. The molecule has 0 bridgehead atoms. The van der Waals surface area contributed by atoms with Gasteiger partial charge in [0.15, 0.2) is 0 Å². The number of aliphatic hydroxyl groups excluding tert-OH is 1. The average molecular weight is 248 g/mol. The van der Waals surface area contributed by atoms with E-state index >= 15 is 0 Å². The van der Waals surface area contributed by atoms with Gasteiger partial charge in [-0.05, 0) is 43.5 Å². The number of benzene rings is 1. The standard InChI is InChI=1S/C15H20O3/c1-11(2)4-5-13-10-12(14(17)8-9-16)6-7-15(13)18-3/h4,6-7,9-10,14,17H,5,8H2,1-3H3. The first-order valence-corrected chi connectivity index (χ1v) is 6.00. The summed E-state index contributed by atoms with van der Waals surface area (Å²) in [6.45, 7) is 4.08. The molecule has 1 aromatic rings. The van der Waals surface area contributed by atoms with Crippen molar-refractivity contribution < 1.29 is 14.6 Å². The van der Waals surface area contributed by atoms with E-state index in [-0.39, 0.29) is 6.42 Å². The molecule has 0 aliphatic carbocycles. The van der Waals surface area contributed by atoms with Crippen LogP contribution in [-0.2, 0) is 11.2 Å². The monoisotopic (exact) mass is 248 g/mol. The third-order valence-corrected chi connectivity index (χ3v) is 2.74. The molecule has 0 spiro atoms. The van der Waals surface area contributed by atoms with Crippen molar-refractivity contribution in [1.82, 2.24) is 0 Å². The van der Waals surface area contributed by atoms with Gasteiger partial charge in [-0.25, -0.2) is 0 Å². The summed E-state index contributed by atoms with van der Waals surface area (Å²) in [5.41, 5.74) is 3.00. The first-order valence-electron chi connectivity index (χ1n) is 6.00. The van der Waals surface area contributed by atoms with E-state index in [1.54, 1.807) is 13.2 Å². The summed E-state index contributed by atoms with van der Waals surface area (Å²) in [6.07, 6.45) is 2.97. The second-order valence-corrected chi connectivity index (χ2v) is 4.48. The molecule has 0 saturated carbocycles. The molecule has 0 amide bonds. The topological polar surface area (TPSA) is 46.5 Å². The normalized spacial score (nSPS) is 11.8. The summed E-state index contributed by atoms with van der Waals surface area (Å²) in [5.74, 6) is 0.801. The van der Waals surface area contributed by atoms with Gasteiger partial charge in [-0.15, -0.1) is 0 Å². The molecule has 0 saturated heterocycles. The number of ether oxygens (including phenoxy) is 1. The highest BCUT2D eigenvalue weighted by Gasteiger charge is 2.10. The van der Waals surface area contributed by atoms with Gasteiger partial charge < -0.3 is 14.6 Å². The Kier molecular flexibility index (Phi) is 5.59. The summed E-state index contributed by atoms with van der Waals surface area (Å²) in [4.78, 5) is 10.4. The number of aliphatic hydroxyl groups is 1. The van der Waals surface area contributed by atoms with Crippen molar-refractivity contribution in [3.8, 4) is 5.75 Å². The molecule has 0 fully saturated rings. The lowest BCUT2D eigenvalue weighted by Gasteiger charge is -2.12. The summed E-state index contributed by atoms with van der Waals surface area (Å²) in [5, 5.41) is 9.80. The minimum absolute atomic E-state index is 0.119. The molecule has 0 aliphatic rings. The van der Waals surface area contributed by atoms with Gasteiger partial charge in [0.1, 0.15) is 12.0 Å². The average Bonchev–Trinajstić information content (AvgIpc) is 2.36. The number of carbonyl (C=O) groups excluding carboxylic acids is 1. The van der Waals surface area contributed by atoms with Crippen molar-refractivity contribution in [1.29, 1.82) is 0 Å². The lowest BCUT2D eigenvalue weighted by atomic mass is 10.0. The second kappa shape index (κ2) is 6.97. The Morgan fingerprint density at radius 2 is 2.17 bits per heavy atom. The third-order valence-electron chi connectivity index (χ3n) is 2.74. The van der Waals surface area contributed by atoms with Gasteiger partial charge >= 0.3 is 0 Å². The molecule has 1 unspecified atom stereocenters. The number of allylic oxidation sites excluding steroid dienone is 2. The second-order valence-electron chi connectivity index (χ2n) is 4.48. The van der Waals surface area contributed by atoms with Crippen molar-refractivity contribution in [2.75, 3.05) is 7.11 Å². The first-order chi connectivity index (χ1) is 8.58. The third kappa shape index (κ3) is 4.00. The summed E-state index contributed by atoms with van der Waals surface area (Å²) in [7, 11) is 1.63. The Morgan fingerprint density at radius 1 is 1.44 bits per heavy atom. The summed E-state index contributed by atoms with van der Waals surface area (Å²) >= 11 is 0. The van der Waals surface area contributed by atoms with Gasteiger partial charge in [-0.3, -0.25) is 0 Å².